The second-order valence-corrected chi connectivity index (χ2v) is 6.63. The van der Waals surface area contributed by atoms with E-state index < -0.39 is 17.2 Å². The van der Waals surface area contributed by atoms with Crippen LogP contribution in [0.4, 0.5) is 25.0 Å². The minimum absolute atomic E-state index is 0.0721. The highest BCUT2D eigenvalue weighted by molar-refractivity contribution is 5.70. The van der Waals surface area contributed by atoms with E-state index in [-0.39, 0.29) is 11.8 Å². The third kappa shape index (κ3) is 4.46. The normalized spacial score (nSPS) is 16.2. The van der Waals surface area contributed by atoms with Gasteiger partial charge in [-0.2, -0.15) is 0 Å². The molecule has 1 aliphatic rings. The number of nitrogen functional groups attached to an aromatic ring is 1. The van der Waals surface area contributed by atoms with E-state index in [0.717, 1.165) is 6.07 Å². The van der Waals surface area contributed by atoms with E-state index >= 15 is 0 Å². The lowest BCUT2D eigenvalue weighted by Crippen LogP contribution is -2.39. The zero-order valence-corrected chi connectivity index (χ0v) is 13.7. The molecule has 1 amide bonds. The maximum absolute atomic E-state index is 13.6. The standard InChI is InChI=1S/C16H23F2N3O2/c1-16(2,3)23-15(22)21-6-4-5-20(7-8-21)13-10-11(17)9-12(18)14(13)19/h9-10H,4-8,19H2,1-3H3. The molecule has 1 saturated heterocycles. The van der Waals surface area contributed by atoms with Gasteiger partial charge in [-0.15, -0.1) is 0 Å². The van der Waals surface area contributed by atoms with Gasteiger partial charge in [-0.25, -0.2) is 13.6 Å². The number of rotatable bonds is 1. The Balaban J connectivity index is 2.09. The molecular formula is C16H23F2N3O2. The van der Waals surface area contributed by atoms with Crippen LogP contribution < -0.4 is 10.6 Å². The van der Waals surface area contributed by atoms with Crippen molar-refractivity contribution in [2.24, 2.45) is 0 Å². The molecule has 1 heterocycles. The average molecular weight is 327 g/mol. The first-order valence-corrected chi connectivity index (χ1v) is 7.65. The minimum Gasteiger partial charge on any atom is -0.444 e. The highest BCUT2D eigenvalue weighted by Crippen LogP contribution is 2.28. The van der Waals surface area contributed by atoms with Crippen molar-refractivity contribution in [1.29, 1.82) is 0 Å². The third-order valence-corrected chi connectivity index (χ3v) is 3.56. The summed E-state index contributed by atoms with van der Waals surface area (Å²) in [6.07, 6.45) is 0.286. The minimum atomic E-state index is -0.770. The lowest BCUT2D eigenvalue weighted by molar-refractivity contribution is 0.0263. The van der Waals surface area contributed by atoms with Crippen LogP contribution >= 0.6 is 0 Å². The number of hydrogen-bond acceptors (Lipinski definition) is 4. The lowest BCUT2D eigenvalue weighted by atomic mass is 10.2. The van der Waals surface area contributed by atoms with Crippen molar-refractivity contribution in [1.82, 2.24) is 4.90 Å². The molecule has 23 heavy (non-hydrogen) atoms. The lowest BCUT2D eigenvalue weighted by Gasteiger charge is -2.27. The molecule has 0 unspecified atom stereocenters. The van der Waals surface area contributed by atoms with Crippen LogP contribution in [0.2, 0.25) is 0 Å². The zero-order chi connectivity index (χ0) is 17.2. The Labute approximate surface area is 135 Å². The molecular weight excluding hydrogens is 304 g/mol. The first kappa shape index (κ1) is 17.3. The number of carbonyl (C=O) groups excluding carboxylic acids is 1. The third-order valence-electron chi connectivity index (χ3n) is 3.56. The Hall–Kier alpha value is -2.05. The summed E-state index contributed by atoms with van der Waals surface area (Å²) in [5, 5.41) is 0. The summed E-state index contributed by atoms with van der Waals surface area (Å²) in [6, 6.07) is 1.99. The Morgan fingerprint density at radius 2 is 1.87 bits per heavy atom. The van der Waals surface area contributed by atoms with Gasteiger partial charge in [0.05, 0.1) is 11.4 Å². The molecule has 0 aliphatic carbocycles. The number of anilines is 2. The number of benzene rings is 1. The van der Waals surface area contributed by atoms with E-state index in [1.807, 2.05) is 20.8 Å². The van der Waals surface area contributed by atoms with Gasteiger partial charge in [0, 0.05) is 32.2 Å². The van der Waals surface area contributed by atoms with Crippen LogP contribution in [0.1, 0.15) is 27.2 Å². The Morgan fingerprint density at radius 3 is 2.52 bits per heavy atom. The van der Waals surface area contributed by atoms with Crippen LogP contribution in [-0.4, -0.2) is 42.8 Å². The smallest absolute Gasteiger partial charge is 0.410 e. The van der Waals surface area contributed by atoms with Gasteiger partial charge in [0.1, 0.15) is 11.4 Å². The summed E-state index contributed by atoms with van der Waals surface area (Å²) >= 11 is 0. The van der Waals surface area contributed by atoms with E-state index in [9.17, 15) is 13.6 Å². The van der Waals surface area contributed by atoms with E-state index in [2.05, 4.69) is 0 Å². The van der Waals surface area contributed by atoms with Gasteiger partial charge in [-0.05, 0) is 33.3 Å². The number of nitrogens with two attached hydrogens (primary N) is 1. The molecule has 128 valence electrons. The Kier molecular flexibility index (Phi) is 4.97. The first-order valence-electron chi connectivity index (χ1n) is 7.65. The van der Waals surface area contributed by atoms with Gasteiger partial charge in [-0.3, -0.25) is 0 Å². The fraction of sp³-hybridized carbons (Fsp3) is 0.562. The summed E-state index contributed by atoms with van der Waals surface area (Å²) in [5.74, 6) is -1.44. The molecule has 1 aromatic rings. The number of carbonyl (C=O) groups is 1. The van der Waals surface area contributed by atoms with Gasteiger partial charge in [0.25, 0.3) is 0 Å². The second-order valence-electron chi connectivity index (χ2n) is 6.63. The van der Waals surface area contributed by atoms with E-state index in [1.54, 1.807) is 9.80 Å². The van der Waals surface area contributed by atoms with Crippen molar-refractivity contribution >= 4 is 17.5 Å². The molecule has 1 fully saturated rings. The van der Waals surface area contributed by atoms with Crippen LogP contribution in [0.3, 0.4) is 0 Å². The Morgan fingerprint density at radius 1 is 1.17 bits per heavy atom. The van der Waals surface area contributed by atoms with Crippen molar-refractivity contribution < 1.29 is 18.3 Å². The van der Waals surface area contributed by atoms with Crippen LogP contribution in [0, 0.1) is 11.6 Å². The SMILES string of the molecule is CC(C)(C)OC(=O)N1CCCN(c2cc(F)cc(F)c2N)CC1. The number of amides is 1. The molecule has 0 saturated carbocycles. The second kappa shape index (κ2) is 6.60. The molecule has 0 aromatic heterocycles. The quantitative estimate of drug-likeness (QED) is 0.806. The largest absolute Gasteiger partial charge is 0.444 e. The predicted molar refractivity (Wildman–Crippen MR) is 85.4 cm³/mol. The molecule has 2 N–H and O–H groups in total. The number of halogens is 2. The van der Waals surface area contributed by atoms with Crippen LogP contribution in [0.5, 0.6) is 0 Å². The molecule has 0 bridgehead atoms. The van der Waals surface area contributed by atoms with E-state index in [1.165, 1.54) is 6.07 Å². The average Bonchev–Trinajstić information content (AvgIpc) is 2.66. The zero-order valence-electron chi connectivity index (χ0n) is 13.7. The highest BCUT2D eigenvalue weighted by atomic mass is 19.1. The van der Waals surface area contributed by atoms with Crippen molar-refractivity contribution in [3.05, 3.63) is 23.8 Å². The fourth-order valence-electron chi connectivity index (χ4n) is 2.50. The topological polar surface area (TPSA) is 58.8 Å². The van der Waals surface area contributed by atoms with Gasteiger partial charge >= 0.3 is 6.09 Å². The van der Waals surface area contributed by atoms with Gasteiger partial charge in [0.15, 0.2) is 5.82 Å². The first-order chi connectivity index (χ1) is 10.7. The van der Waals surface area contributed by atoms with Crippen molar-refractivity contribution in [3.8, 4) is 0 Å². The summed E-state index contributed by atoms with van der Waals surface area (Å²) < 4.78 is 32.4. The van der Waals surface area contributed by atoms with E-state index in [0.29, 0.717) is 38.3 Å². The van der Waals surface area contributed by atoms with Crippen LogP contribution in [-0.2, 0) is 4.74 Å². The molecule has 0 radical (unpaired) electrons. The summed E-state index contributed by atoms with van der Waals surface area (Å²) in [7, 11) is 0. The van der Waals surface area contributed by atoms with E-state index in [4.69, 9.17) is 10.5 Å². The Bertz CT molecular complexity index is 587. The molecule has 1 aliphatic heterocycles. The maximum atomic E-state index is 13.6. The fourth-order valence-corrected chi connectivity index (χ4v) is 2.50. The summed E-state index contributed by atoms with van der Waals surface area (Å²) in [6.45, 7) is 7.37. The summed E-state index contributed by atoms with van der Waals surface area (Å²) in [4.78, 5) is 15.5. The molecule has 0 atom stereocenters. The van der Waals surface area contributed by atoms with Crippen molar-refractivity contribution in [3.63, 3.8) is 0 Å². The molecule has 1 aromatic carbocycles. The molecule has 7 heteroatoms. The summed E-state index contributed by atoms with van der Waals surface area (Å²) in [5.41, 5.74) is 5.42. The molecule has 5 nitrogen and oxygen atoms in total. The highest BCUT2D eigenvalue weighted by Gasteiger charge is 2.25. The number of nitrogens with zero attached hydrogens (tertiary/aromatic N) is 2. The molecule has 2 rings (SSSR count). The van der Waals surface area contributed by atoms with Crippen molar-refractivity contribution in [2.45, 2.75) is 32.8 Å². The van der Waals surface area contributed by atoms with Gasteiger partial charge in [-0.1, -0.05) is 0 Å². The van der Waals surface area contributed by atoms with Crippen molar-refractivity contribution in [2.75, 3.05) is 36.8 Å². The van der Waals surface area contributed by atoms with Crippen LogP contribution in [0.15, 0.2) is 12.1 Å². The van der Waals surface area contributed by atoms with Crippen LogP contribution in [0.25, 0.3) is 0 Å². The number of ether oxygens (including phenoxy) is 1. The predicted octanol–water partition coefficient (Wildman–Crippen LogP) is 2.99. The van der Waals surface area contributed by atoms with Gasteiger partial charge in [0.2, 0.25) is 0 Å². The number of hydrogen-bond donors (Lipinski definition) is 1. The maximum Gasteiger partial charge on any atom is 0.410 e. The monoisotopic (exact) mass is 327 g/mol. The molecule has 0 spiro atoms. The van der Waals surface area contributed by atoms with Gasteiger partial charge < -0.3 is 20.3 Å².